The van der Waals surface area contributed by atoms with E-state index in [2.05, 4.69) is 13.2 Å². The molecule has 0 saturated heterocycles. The number of hydrogen-bond acceptors (Lipinski definition) is 2. The van der Waals surface area contributed by atoms with Crippen LogP contribution >= 0.6 is 11.6 Å². The van der Waals surface area contributed by atoms with Gasteiger partial charge in [0.15, 0.2) is 5.76 Å². The van der Waals surface area contributed by atoms with E-state index >= 15 is 0 Å². The first-order valence-electron chi connectivity index (χ1n) is 5.17. The lowest BCUT2D eigenvalue weighted by molar-refractivity contribution is -0.268. The maximum atomic E-state index is 6.02. The summed E-state index contributed by atoms with van der Waals surface area (Å²) in [7, 11) is 0. The Morgan fingerprint density at radius 2 is 2.18 bits per heavy atom. The first-order valence-corrected chi connectivity index (χ1v) is 5.55. The molecule has 0 fully saturated rings. The van der Waals surface area contributed by atoms with Gasteiger partial charge >= 0.3 is 0 Å². The first kappa shape index (κ1) is 13.6. The standard InChI is InChI=1S/C14H15ClO2/c1-4-6-13(5-2)17-16-10-12-9-11(3)7-8-14(12)15/h4-9H,1-2,10H2,3H3/b13-6+. The minimum atomic E-state index is 0.281. The van der Waals surface area contributed by atoms with E-state index in [0.717, 1.165) is 11.1 Å². The normalized spacial score (nSPS) is 11.1. The Morgan fingerprint density at radius 3 is 2.82 bits per heavy atom. The Kier molecular flexibility index (Phi) is 5.53. The van der Waals surface area contributed by atoms with E-state index in [1.165, 1.54) is 0 Å². The van der Waals surface area contributed by atoms with Crippen LogP contribution < -0.4 is 0 Å². The van der Waals surface area contributed by atoms with Gasteiger partial charge in [-0.1, -0.05) is 48.5 Å². The van der Waals surface area contributed by atoms with Gasteiger partial charge in [-0.05, 0) is 25.1 Å². The molecular formula is C14H15ClO2. The number of aryl methyl sites for hydroxylation is 1. The van der Waals surface area contributed by atoms with Gasteiger partial charge < -0.3 is 4.89 Å². The molecule has 1 aromatic rings. The molecule has 0 radical (unpaired) electrons. The van der Waals surface area contributed by atoms with E-state index in [4.69, 9.17) is 21.4 Å². The highest BCUT2D eigenvalue weighted by atomic mass is 35.5. The lowest BCUT2D eigenvalue weighted by atomic mass is 10.1. The van der Waals surface area contributed by atoms with Crippen molar-refractivity contribution < 1.29 is 9.78 Å². The molecule has 0 unspecified atom stereocenters. The van der Waals surface area contributed by atoms with Crippen molar-refractivity contribution in [2.24, 2.45) is 0 Å². The fourth-order valence-corrected chi connectivity index (χ4v) is 1.39. The average molecular weight is 251 g/mol. The second-order valence-electron chi connectivity index (χ2n) is 3.45. The molecule has 0 aliphatic rings. The molecule has 17 heavy (non-hydrogen) atoms. The molecule has 0 N–H and O–H groups in total. The first-order chi connectivity index (χ1) is 8.17. The molecule has 0 aromatic heterocycles. The van der Waals surface area contributed by atoms with Crippen molar-refractivity contribution in [2.75, 3.05) is 0 Å². The molecule has 0 heterocycles. The van der Waals surface area contributed by atoms with Gasteiger partial charge in [-0.2, -0.15) is 4.89 Å². The zero-order valence-corrected chi connectivity index (χ0v) is 10.5. The molecule has 2 nitrogen and oxygen atoms in total. The Balaban J connectivity index is 2.56. The summed E-state index contributed by atoms with van der Waals surface area (Å²) in [6.45, 7) is 9.42. The highest BCUT2D eigenvalue weighted by molar-refractivity contribution is 6.31. The molecule has 0 aliphatic heterocycles. The fraction of sp³-hybridized carbons (Fsp3) is 0.143. The van der Waals surface area contributed by atoms with Crippen LogP contribution in [0.5, 0.6) is 0 Å². The summed E-state index contributed by atoms with van der Waals surface area (Å²) in [5.41, 5.74) is 2.01. The van der Waals surface area contributed by atoms with Crippen LogP contribution in [-0.4, -0.2) is 0 Å². The average Bonchev–Trinajstić information content (AvgIpc) is 2.32. The minimum absolute atomic E-state index is 0.281. The van der Waals surface area contributed by atoms with Gasteiger partial charge in [0, 0.05) is 10.6 Å². The molecule has 90 valence electrons. The second kappa shape index (κ2) is 6.94. The Hall–Kier alpha value is -1.51. The fourth-order valence-electron chi connectivity index (χ4n) is 1.22. The lowest BCUT2D eigenvalue weighted by Crippen LogP contribution is -1.95. The predicted molar refractivity (Wildman–Crippen MR) is 70.5 cm³/mol. The number of benzene rings is 1. The Labute approximate surface area is 107 Å². The van der Waals surface area contributed by atoms with E-state index in [9.17, 15) is 0 Å². The molecule has 0 spiro atoms. The van der Waals surface area contributed by atoms with E-state index in [0.29, 0.717) is 10.8 Å². The van der Waals surface area contributed by atoms with Crippen LogP contribution in [0.2, 0.25) is 5.02 Å². The number of hydrogen-bond donors (Lipinski definition) is 0. The second-order valence-corrected chi connectivity index (χ2v) is 3.86. The molecular weight excluding hydrogens is 236 g/mol. The number of rotatable bonds is 6. The van der Waals surface area contributed by atoms with Crippen molar-refractivity contribution in [3.05, 3.63) is 71.5 Å². The third kappa shape index (κ3) is 4.47. The summed E-state index contributed by atoms with van der Waals surface area (Å²) >= 11 is 6.02. The summed E-state index contributed by atoms with van der Waals surface area (Å²) < 4.78 is 0. The summed E-state index contributed by atoms with van der Waals surface area (Å²) in [5, 5.41) is 0.659. The van der Waals surface area contributed by atoms with Crippen LogP contribution in [0.3, 0.4) is 0 Å². The van der Waals surface area contributed by atoms with Crippen LogP contribution in [0.1, 0.15) is 11.1 Å². The molecule has 1 rings (SSSR count). The molecule has 0 atom stereocenters. The quantitative estimate of drug-likeness (QED) is 0.323. The zero-order chi connectivity index (χ0) is 12.7. The van der Waals surface area contributed by atoms with Gasteiger partial charge in [0.1, 0.15) is 6.61 Å². The zero-order valence-electron chi connectivity index (χ0n) is 9.78. The summed E-state index contributed by atoms with van der Waals surface area (Å²) in [6, 6.07) is 5.74. The van der Waals surface area contributed by atoms with Crippen LogP contribution in [-0.2, 0) is 16.4 Å². The van der Waals surface area contributed by atoms with Crippen molar-refractivity contribution in [3.8, 4) is 0 Å². The molecule has 3 heteroatoms. The maximum absolute atomic E-state index is 6.02. The smallest absolute Gasteiger partial charge is 0.164 e. The van der Waals surface area contributed by atoms with Crippen molar-refractivity contribution in [1.82, 2.24) is 0 Å². The van der Waals surface area contributed by atoms with Crippen molar-refractivity contribution in [1.29, 1.82) is 0 Å². The van der Waals surface area contributed by atoms with Gasteiger partial charge in [0.2, 0.25) is 0 Å². The third-order valence-corrected chi connectivity index (χ3v) is 2.42. The van der Waals surface area contributed by atoms with Crippen molar-refractivity contribution in [2.45, 2.75) is 13.5 Å². The van der Waals surface area contributed by atoms with E-state index < -0.39 is 0 Å². The SMILES string of the molecule is C=C/C=C(\C=C)OOCc1cc(C)ccc1Cl. The molecule has 1 aromatic carbocycles. The third-order valence-electron chi connectivity index (χ3n) is 2.05. The van der Waals surface area contributed by atoms with Gasteiger partial charge in [-0.3, -0.25) is 0 Å². The highest BCUT2D eigenvalue weighted by Gasteiger charge is 2.02. The van der Waals surface area contributed by atoms with Crippen LogP contribution in [0.15, 0.2) is 55.3 Å². The van der Waals surface area contributed by atoms with E-state index in [-0.39, 0.29) is 6.61 Å². The van der Waals surface area contributed by atoms with Gasteiger partial charge in [-0.25, -0.2) is 0 Å². The van der Waals surface area contributed by atoms with Crippen LogP contribution in [0.25, 0.3) is 0 Å². The summed E-state index contributed by atoms with van der Waals surface area (Å²) in [6.07, 6.45) is 4.80. The largest absolute Gasteiger partial charge is 0.337 e. The summed E-state index contributed by atoms with van der Waals surface area (Å²) in [4.78, 5) is 10.1. The van der Waals surface area contributed by atoms with Gasteiger partial charge in [0.25, 0.3) is 0 Å². The lowest BCUT2D eigenvalue weighted by Gasteiger charge is -2.07. The topological polar surface area (TPSA) is 18.5 Å². The Bertz CT molecular complexity index is 436. The molecule has 0 aliphatic carbocycles. The summed E-state index contributed by atoms with van der Waals surface area (Å²) in [5.74, 6) is 0.503. The molecule has 0 amide bonds. The van der Waals surface area contributed by atoms with E-state index in [1.54, 1.807) is 18.2 Å². The predicted octanol–water partition coefficient (Wildman–Crippen LogP) is 4.35. The highest BCUT2D eigenvalue weighted by Crippen LogP contribution is 2.18. The maximum Gasteiger partial charge on any atom is 0.164 e. The van der Waals surface area contributed by atoms with Crippen molar-refractivity contribution >= 4 is 11.6 Å². The van der Waals surface area contributed by atoms with Crippen LogP contribution in [0, 0.1) is 6.92 Å². The van der Waals surface area contributed by atoms with Crippen molar-refractivity contribution in [3.63, 3.8) is 0 Å². The van der Waals surface area contributed by atoms with Gasteiger partial charge in [0.05, 0.1) is 0 Å². The Morgan fingerprint density at radius 1 is 1.41 bits per heavy atom. The van der Waals surface area contributed by atoms with E-state index in [1.807, 2.05) is 25.1 Å². The number of halogens is 1. The van der Waals surface area contributed by atoms with Gasteiger partial charge in [-0.15, -0.1) is 0 Å². The number of allylic oxidation sites excluding steroid dienone is 3. The van der Waals surface area contributed by atoms with Crippen LogP contribution in [0.4, 0.5) is 0 Å². The minimum Gasteiger partial charge on any atom is -0.337 e. The molecule has 0 saturated carbocycles. The molecule has 0 bridgehead atoms. The monoisotopic (exact) mass is 250 g/mol.